The highest BCUT2D eigenvalue weighted by Gasteiger charge is 2.35. The minimum absolute atomic E-state index is 0.151. The van der Waals surface area contributed by atoms with Gasteiger partial charge in [0, 0.05) is 6.92 Å². The Morgan fingerprint density at radius 1 is 1.50 bits per heavy atom. The highest BCUT2D eigenvalue weighted by Crippen LogP contribution is 2.43. The van der Waals surface area contributed by atoms with Gasteiger partial charge in [-0.2, -0.15) is 0 Å². The van der Waals surface area contributed by atoms with Gasteiger partial charge in [-0.3, -0.25) is 4.79 Å². The van der Waals surface area contributed by atoms with E-state index in [1.54, 1.807) is 0 Å². The number of fused-ring (bicyclic) bond motifs is 2. The molecule has 2 bridgehead atoms. The second-order valence-electron chi connectivity index (χ2n) is 3.84. The lowest BCUT2D eigenvalue weighted by Crippen LogP contribution is -2.16. The molecule has 66 valence electrons. The van der Waals surface area contributed by atoms with E-state index in [-0.39, 0.29) is 5.97 Å². The van der Waals surface area contributed by atoms with E-state index in [1.807, 2.05) is 0 Å². The van der Waals surface area contributed by atoms with Crippen molar-refractivity contribution in [1.82, 2.24) is 0 Å². The fourth-order valence-electron chi connectivity index (χ4n) is 2.31. The van der Waals surface area contributed by atoms with Crippen molar-refractivity contribution < 1.29 is 9.53 Å². The molecule has 0 saturated heterocycles. The maximum absolute atomic E-state index is 10.6. The van der Waals surface area contributed by atoms with Gasteiger partial charge in [0.15, 0.2) is 0 Å². The Balaban J connectivity index is 1.83. The van der Waals surface area contributed by atoms with E-state index in [0.29, 0.717) is 18.4 Å². The molecule has 0 aromatic carbocycles. The summed E-state index contributed by atoms with van der Waals surface area (Å²) < 4.78 is 5.01. The summed E-state index contributed by atoms with van der Waals surface area (Å²) in [6.07, 6.45) is 7.08. The number of allylic oxidation sites excluding steroid dienone is 2. The maximum atomic E-state index is 10.6. The van der Waals surface area contributed by atoms with Crippen molar-refractivity contribution in [2.45, 2.75) is 19.8 Å². The second kappa shape index (κ2) is 2.92. The van der Waals surface area contributed by atoms with Crippen molar-refractivity contribution in [3.05, 3.63) is 12.2 Å². The summed E-state index contributed by atoms with van der Waals surface area (Å²) in [5.41, 5.74) is 0. The van der Waals surface area contributed by atoms with E-state index in [4.69, 9.17) is 4.74 Å². The third kappa shape index (κ3) is 1.38. The van der Waals surface area contributed by atoms with Gasteiger partial charge in [0.05, 0.1) is 6.61 Å². The first-order valence-corrected chi connectivity index (χ1v) is 4.57. The number of rotatable bonds is 2. The van der Waals surface area contributed by atoms with Crippen molar-refractivity contribution in [3.63, 3.8) is 0 Å². The fraction of sp³-hybridized carbons (Fsp3) is 0.700. The summed E-state index contributed by atoms with van der Waals surface area (Å²) in [5, 5.41) is 0. The topological polar surface area (TPSA) is 26.3 Å². The van der Waals surface area contributed by atoms with Crippen molar-refractivity contribution in [2.24, 2.45) is 17.8 Å². The largest absolute Gasteiger partial charge is 0.466 e. The smallest absolute Gasteiger partial charge is 0.302 e. The normalized spacial score (nSPS) is 37.2. The van der Waals surface area contributed by atoms with Crippen LogP contribution in [0.15, 0.2) is 12.2 Å². The standard InChI is InChI=1S/C10H14O2/c1-7(11)12-6-10-5-8-2-3-9(10)4-8/h2-3,8-10H,4-6H2,1H3/t8-,9-,10+/m0/s1. The van der Waals surface area contributed by atoms with Crippen LogP contribution in [-0.4, -0.2) is 12.6 Å². The molecule has 2 nitrogen and oxygen atoms in total. The zero-order chi connectivity index (χ0) is 8.55. The summed E-state index contributed by atoms with van der Waals surface area (Å²) in [5.74, 6) is 1.91. The first-order chi connectivity index (χ1) is 5.75. The molecule has 1 fully saturated rings. The van der Waals surface area contributed by atoms with Gasteiger partial charge in [0.1, 0.15) is 0 Å². The monoisotopic (exact) mass is 166 g/mol. The van der Waals surface area contributed by atoms with Gasteiger partial charge in [-0.25, -0.2) is 0 Å². The molecule has 0 aromatic rings. The average Bonchev–Trinajstić information content (AvgIpc) is 2.60. The number of hydrogen-bond acceptors (Lipinski definition) is 2. The van der Waals surface area contributed by atoms with E-state index in [0.717, 1.165) is 5.92 Å². The first-order valence-electron chi connectivity index (χ1n) is 4.57. The van der Waals surface area contributed by atoms with E-state index in [9.17, 15) is 4.79 Å². The molecule has 2 heteroatoms. The number of carbonyl (C=O) groups is 1. The van der Waals surface area contributed by atoms with Crippen molar-refractivity contribution in [3.8, 4) is 0 Å². The summed E-state index contributed by atoms with van der Waals surface area (Å²) in [6.45, 7) is 2.10. The summed E-state index contributed by atoms with van der Waals surface area (Å²) >= 11 is 0. The number of hydrogen-bond donors (Lipinski definition) is 0. The molecule has 2 aliphatic rings. The fourth-order valence-corrected chi connectivity index (χ4v) is 2.31. The zero-order valence-electron chi connectivity index (χ0n) is 7.32. The van der Waals surface area contributed by atoms with Gasteiger partial charge in [0.2, 0.25) is 0 Å². The van der Waals surface area contributed by atoms with Crippen LogP contribution in [0.2, 0.25) is 0 Å². The molecule has 0 heterocycles. The van der Waals surface area contributed by atoms with Gasteiger partial charge >= 0.3 is 5.97 Å². The van der Waals surface area contributed by atoms with Crippen LogP contribution in [0.25, 0.3) is 0 Å². The van der Waals surface area contributed by atoms with Crippen molar-refractivity contribution in [1.29, 1.82) is 0 Å². The number of esters is 1. The van der Waals surface area contributed by atoms with Crippen LogP contribution in [0.5, 0.6) is 0 Å². The molecule has 0 unspecified atom stereocenters. The molecule has 0 N–H and O–H groups in total. The van der Waals surface area contributed by atoms with Crippen LogP contribution in [0.3, 0.4) is 0 Å². The molecule has 2 rings (SSSR count). The number of ether oxygens (including phenoxy) is 1. The molecule has 3 atom stereocenters. The quantitative estimate of drug-likeness (QED) is 0.461. The Hall–Kier alpha value is -0.790. The predicted octanol–water partition coefficient (Wildman–Crippen LogP) is 1.76. The lowest BCUT2D eigenvalue weighted by Gasteiger charge is -2.16. The lowest BCUT2D eigenvalue weighted by molar-refractivity contribution is -0.142. The molecule has 0 aliphatic heterocycles. The van der Waals surface area contributed by atoms with Crippen molar-refractivity contribution >= 4 is 5.97 Å². The Morgan fingerprint density at radius 3 is 2.83 bits per heavy atom. The van der Waals surface area contributed by atoms with Gasteiger partial charge < -0.3 is 4.74 Å². The Morgan fingerprint density at radius 2 is 2.33 bits per heavy atom. The van der Waals surface area contributed by atoms with Crippen LogP contribution < -0.4 is 0 Å². The van der Waals surface area contributed by atoms with E-state index < -0.39 is 0 Å². The lowest BCUT2D eigenvalue weighted by atomic mass is 9.95. The van der Waals surface area contributed by atoms with Crippen LogP contribution >= 0.6 is 0 Å². The first kappa shape index (κ1) is 7.84. The minimum atomic E-state index is -0.151. The van der Waals surface area contributed by atoms with E-state index >= 15 is 0 Å². The van der Waals surface area contributed by atoms with Crippen LogP contribution in [0, 0.1) is 17.8 Å². The highest BCUT2D eigenvalue weighted by molar-refractivity contribution is 5.65. The molecule has 0 amide bonds. The van der Waals surface area contributed by atoms with E-state index in [2.05, 4.69) is 12.2 Å². The van der Waals surface area contributed by atoms with Gasteiger partial charge in [0.25, 0.3) is 0 Å². The van der Waals surface area contributed by atoms with Crippen LogP contribution in [-0.2, 0) is 9.53 Å². The van der Waals surface area contributed by atoms with Gasteiger partial charge in [-0.1, -0.05) is 12.2 Å². The Kier molecular flexibility index (Phi) is 1.91. The molecule has 0 spiro atoms. The minimum Gasteiger partial charge on any atom is -0.466 e. The Labute approximate surface area is 72.6 Å². The molecular weight excluding hydrogens is 152 g/mol. The molecule has 1 saturated carbocycles. The molecule has 12 heavy (non-hydrogen) atoms. The number of carbonyl (C=O) groups excluding carboxylic acids is 1. The third-order valence-corrected chi connectivity index (χ3v) is 2.92. The van der Waals surface area contributed by atoms with Crippen LogP contribution in [0.1, 0.15) is 19.8 Å². The van der Waals surface area contributed by atoms with Crippen LogP contribution in [0.4, 0.5) is 0 Å². The highest BCUT2D eigenvalue weighted by atomic mass is 16.5. The Bertz CT molecular complexity index is 220. The summed E-state index contributed by atoms with van der Waals surface area (Å²) in [4.78, 5) is 10.6. The van der Waals surface area contributed by atoms with E-state index in [1.165, 1.54) is 19.8 Å². The van der Waals surface area contributed by atoms with Gasteiger partial charge in [-0.05, 0) is 30.6 Å². The molecule has 0 aromatic heterocycles. The maximum Gasteiger partial charge on any atom is 0.302 e. The molecule has 2 aliphatic carbocycles. The summed E-state index contributed by atoms with van der Waals surface area (Å²) in [6, 6.07) is 0. The molecule has 0 radical (unpaired) electrons. The zero-order valence-corrected chi connectivity index (χ0v) is 7.32. The van der Waals surface area contributed by atoms with Gasteiger partial charge in [-0.15, -0.1) is 0 Å². The predicted molar refractivity (Wildman–Crippen MR) is 45.5 cm³/mol. The second-order valence-corrected chi connectivity index (χ2v) is 3.84. The SMILES string of the molecule is CC(=O)OC[C@H]1C[C@H]2C=C[C@H]1C2. The third-order valence-electron chi connectivity index (χ3n) is 2.92. The average molecular weight is 166 g/mol. The van der Waals surface area contributed by atoms with Crippen molar-refractivity contribution in [2.75, 3.05) is 6.61 Å². The summed E-state index contributed by atoms with van der Waals surface area (Å²) in [7, 11) is 0. The molecular formula is C10H14O2.